The zero-order valence-electron chi connectivity index (χ0n) is 11.7. The Morgan fingerprint density at radius 1 is 1.14 bits per heavy atom. The molecule has 0 aliphatic carbocycles. The summed E-state index contributed by atoms with van der Waals surface area (Å²) in [5.74, 6) is -1.28. The lowest BCUT2D eigenvalue weighted by Crippen LogP contribution is -2.29. The summed E-state index contributed by atoms with van der Waals surface area (Å²) in [4.78, 5) is 0. The molecule has 0 aliphatic heterocycles. The van der Waals surface area contributed by atoms with E-state index in [1.807, 2.05) is 0 Å². The van der Waals surface area contributed by atoms with Crippen LogP contribution in [0.25, 0.3) is 0 Å². The summed E-state index contributed by atoms with van der Waals surface area (Å²) in [7, 11) is 0. The third-order valence-corrected chi connectivity index (χ3v) is 3.52. The van der Waals surface area contributed by atoms with Gasteiger partial charge in [-0.1, -0.05) is 29.8 Å². The van der Waals surface area contributed by atoms with E-state index >= 15 is 0 Å². The molecule has 0 heterocycles. The molecule has 112 valence electrons. The summed E-state index contributed by atoms with van der Waals surface area (Å²) in [6.45, 7) is 3.20. The highest BCUT2D eigenvalue weighted by atomic mass is 35.5. The van der Waals surface area contributed by atoms with Gasteiger partial charge in [0.15, 0.2) is 11.6 Å². The maximum Gasteiger partial charge on any atom is 0.164 e. The number of hydrogen-bond acceptors (Lipinski definition) is 2. The molecule has 2 atom stereocenters. The van der Waals surface area contributed by atoms with Crippen LogP contribution in [0.3, 0.4) is 0 Å². The number of rotatable bonds is 4. The van der Waals surface area contributed by atoms with Crippen molar-refractivity contribution in [2.75, 3.05) is 0 Å². The molecule has 5 heteroatoms. The van der Waals surface area contributed by atoms with Gasteiger partial charge in [0.2, 0.25) is 0 Å². The predicted molar refractivity (Wildman–Crippen MR) is 79.6 cm³/mol. The normalized spacial score (nSPS) is 13.8. The summed E-state index contributed by atoms with van der Waals surface area (Å²) in [6.07, 6.45) is -0.542. The van der Waals surface area contributed by atoms with Crippen LogP contribution in [0, 0.1) is 18.6 Å². The Labute approximate surface area is 127 Å². The van der Waals surface area contributed by atoms with Crippen LogP contribution in [0.5, 0.6) is 5.75 Å². The first-order valence-corrected chi connectivity index (χ1v) is 6.90. The largest absolute Gasteiger partial charge is 0.489 e. The molecule has 2 aromatic rings. The van der Waals surface area contributed by atoms with Crippen LogP contribution in [0.4, 0.5) is 8.78 Å². The summed E-state index contributed by atoms with van der Waals surface area (Å²) in [5, 5.41) is 0.529. The van der Waals surface area contributed by atoms with Crippen LogP contribution in [0.15, 0.2) is 36.4 Å². The molecule has 2 rings (SSSR count). The molecule has 2 N–H and O–H groups in total. The van der Waals surface area contributed by atoms with Crippen LogP contribution < -0.4 is 10.5 Å². The Balaban J connectivity index is 2.20. The molecule has 0 saturated heterocycles. The highest BCUT2D eigenvalue weighted by molar-refractivity contribution is 6.30. The summed E-state index contributed by atoms with van der Waals surface area (Å²) in [6, 6.07) is 9.00. The molecule has 0 spiro atoms. The minimum Gasteiger partial charge on any atom is -0.489 e. The second kappa shape index (κ2) is 6.41. The molecule has 2 nitrogen and oxygen atoms in total. The zero-order chi connectivity index (χ0) is 15.6. The average molecular weight is 312 g/mol. The van der Waals surface area contributed by atoms with Crippen molar-refractivity contribution in [3.63, 3.8) is 0 Å². The fourth-order valence-electron chi connectivity index (χ4n) is 2.00. The molecule has 2 unspecified atom stereocenters. The number of ether oxygens (including phenoxy) is 1. The van der Waals surface area contributed by atoms with E-state index in [1.54, 1.807) is 31.2 Å². The van der Waals surface area contributed by atoms with Crippen LogP contribution in [0.2, 0.25) is 5.02 Å². The lowest BCUT2D eigenvalue weighted by atomic mass is 10.0. The smallest absolute Gasteiger partial charge is 0.164 e. The van der Waals surface area contributed by atoms with Gasteiger partial charge in [0.05, 0.1) is 6.04 Å². The van der Waals surface area contributed by atoms with E-state index in [2.05, 4.69) is 0 Å². The van der Waals surface area contributed by atoms with E-state index in [9.17, 15) is 8.78 Å². The van der Waals surface area contributed by atoms with E-state index < -0.39 is 23.8 Å². The first-order chi connectivity index (χ1) is 9.90. The van der Waals surface area contributed by atoms with Crippen LogP contribution in [-0.2, 0) is 0 Å². The van der Waals surface area contributed by atoms with Crippen molar-refractivity contribution in [3.05, 3.63) is 64.2 Å². The molecule has 0 amide bonds. The Hall–Kier alpha value is -1.65. The van der Waals surface area contributed by atoms with Crippen molar-refractivity contribution in [1.29, 1.82) is 0 Å². The third kappa shape index (κ3) is 3.52. The fourth-order valence-corrected chi connectivity index (χ4v) is 2.18. The number of aryl methyl sites for hydroxylation is 1. The van der Waals surface area contributed by atoms with E-state index in [-0.39, 0.29) is 11.1 Å². The highest BCUT2D eigenvalue weighted by Gasteiger charge is 2.22. The minimum absolute atomic E-state index is 0.0904. The monoisotopic (exact) mass is 311 g/mol. The lowest BCUT2D eigenvalue weighted by molar-refractivity contribution is 0.188. The standard InChI is InChI=1S/C16H16ClF2NO/c1-9-6-7-13(15(19)14(9)18)16(20)10(2)21-12-5-3-4-11(17)8-12/h3-8,10,16H,20H2,1-2H3. The molecule has 0 bridgehead atoms. The van der Waals surface area contributed by atoms with Gasteiger partial charge in [0, 0.05) is 10.6 Å². The van der Waals surface area contributed by atoms with Crippen LogP contribution in [-0.4, -0.2) is 6.10 Å². The topological polar surface area (TPSA) is 35.2 Å². The van der Waals surface area contributed by atoms with Gasteiger partial charge < -0.3 is 10.5 Å². The SMILES string of the molecule is Cc1ccc(C(N)C(C)Oc2cccc(Cl)c2)c(F)c1F. The Bertz CT molecular complexity index is 648. The van der Waals surface area contributed by atoms with Crippen molar-refractivity contribution in [2.24, 2.45) is 5.73 Å². The molecule has 0 aliphatic rings. The Morgan fingerprint density at radius 2 is 1.86 bits per heavy atom. The zero-order valence-corrected chi connectivity index (χ0v) is 12.5. The third-order valence-electron chi connectivity index (χ3n) is 3.29. The maximum atomic E-state index is 13.9. The number of nitrogens with two attached hydrogens (primary N) is 1. The van der Waals surface area contributed by atoms with Crippen molar-refractivity contribution < 1.29 is 13.5 Å². The van der Waals surface area contributed by atoms with Gasteiger partial charge in [-0.3, -0.25) is 0 Å². The first kappa shape index (κ1) is 15.7. The Morgan fingerprint density at radius 3 is 2.52 bits per heavy atom. The lowest BCUT2D eigenvalue weighted by Gasteiger charge is -2.22. The fraction of sp³-hybridized carbons (Fsp3) is 0.250. The van der Waals surface area contributed by atoms with E-state index in [0.29, 0.717) is 10.8 Å². The van der Waals surface area contributed by atoms with Gasteiger partial charge in [-0.15, -0.1) is 0 Å². The molecule has 0 aromatic heterocycles. The van der Waals surface area contributed by atoms with Crippen molar-refractivity contribution in [1.82, 2.24) is 0 Å². The van der Waals surface area contributed by atoms with Crippen molar-refractivity contribution in [3.8, 4) is 5.75 Å². The molecule has 2 aromatic carbocycles. The summed E-state index contributed by atoms with van der Waals surface area (Å²) >= 11 is 5.87. The Kier molecular flexibility index (Phi) is 4.80. The molecule has 0 radical (unpaired) electrons. The maximum absolute atomic E-state index is 13.9. The summed E-state index contributed by atoms with van der Waals surface area (Å²) in [5.41, 5.74) is 6.31. The van der Waals surface area contributed by atoms with Gasteiger partial charge in [-0.2, -0.15) is 0 Å². The van der Waals surface area contributed by atoms with Gasteiger partial charge >= 0.3 is 0 Å². The van der Waals surface area contributed by atoms with E-state index in [1.165, 1.54) is 19.1 Å². The van der Waals surface area contributed by atoms with Crippen LogP contribution >= 0.6 is 11.6 Å². The molecular formula is C16H16ClF2NO. The molecular weight excluding hydrogens is 296 g/mol. The molecule has 0 fully saturated rings. The predicted octanol–water partition coefficient (Wildman–Crippen LogP) is 4.39. The second-order valence-corrected chi connectivity index (χ2v) is 5.34. The summed E-state index contributed by atoms with van der Waals surface area (Å²) < 4.78 is 33.2. The van der Waals surface area contributed by atoms with E-state index in [0.717, 1.165) is 0 Å². The van der Waals surface area contributed by atoms with Gasteiger partial charge in [0.1, 0.15) is 11.9 Å². The highest BCUT2D eigenvalue weighted by Crippen LogP contribution is 2.26. The van der Waals surface area contributed by atoms with Gasteiger partial charge in [-0.05, 0) is 37.6 Å². The second-order valence-electron chi connectivity index (χ2n) is 4.91. The first-order valence-electron chi connectivity index (χ1n) is 6.52. The number of benzene rings is 2. The van der Waals surface area contributed by atoms with Crippen LogP contribution in [0.1, 0.15) is 24.1 Å². The molecule has 0 saturated carbocycles. The van der Waals surface area contributed by atoms with Gasteiger partial charge in [0.25, 0.3) is 0 Å². The quantitative estimate of drug-likeness (QED) is 0.908. The van der Waals surface area contributed by atoms with Gasteiger partial charge in [-0.25, -0.2) is 8.78 Å². The number of hydrogen-bond donors (Lipinski definition) is 1. The number of halogens is 3. The average Bonchev–Trinajstić information content (AvgIpc) is 2.44. The van der Waals surface area contributed by atoms with Crippen molar-refractivity contribution in [2.45, 2.75) is 26.0 Å². The minimum atomic E-state index is -0.927. The molecule has 21 heavy (non-hydrogen) atoms. The van der Waals surface area contributed by atoms with E-state index in [4.69, 9.17) is 22.1 Å². The van der Waals surface area contributed by atoms with Crippen molar-refractivity contribution >= 4 is 11.6 Å².